The van der Waals surface area contributed by atoms with Crippen LogP contribution in [0.1, 0.15) is 44.9 Å². The van der Waals surface area contributed by atoms with Gasteiger partial charge in [-0.05, 0) is 64.1 Å². The van der Waals surface area contributed by atoms with Crippen LogP contribution < -0.4 is 4.72 Å². The molecule has 1 heterocycles. The van der Waals surface area contributed by atoms with Gasteiger partial charge in [0.2, 0.25) is 10.0 Å². The second kappa shape index (κ2) is 7.04. The average molecular weight is 288 g/mol. The van der Waals surface area contributed by atoms with Gasteiger partial charge in [-0.1, -0.05) is 12.8 Å². The van der Waals surface area contributed by atoms with Crippen molar-refractivity contribution in [3.8, 4) is 0 Å². The third-order valence-electron chi connectivity index (χ3n) is 4.64. The molecule has 112 valence electrons. The molecule has 2 aliphatic rings. The van der Waals surface area contributed by atoms with Gasteiger partial charge in [0.1, 0.15) is 0 Å². The Labute approximate surface area is 118 Å². The van der Waals surface area contributed by atoms with E-state index in [-0.39, 0.29) is 0 Å². The molecule has 1 aliphatic carbocycles. The molecule has 0 radical (unpaired) electrons. The minimum absolute atomic E-state index is 0.348. The Kier molecular flexibility index (Phi) is 5.66. The summed E-state index contributed by atoms with van der Waals surface area (Å²) in [6, 6.07) is 0. The number of sulfonamides is 1. The van der Waals surface area contributed by atoms with Crippen molar-refractivity contribution in [1.82, 2.24) is 9.62 Å². The smallest absolute Gasteiger partial charge is 0.211 e. The van der Waals surface area contributed by atoms with E-state index in [0.29, 0.717) is 24.1 Å². The van der Waals surface area contributed by atoms with E-state index in [9.17, 15) is 8.42 Å². The second-order valence-electron chi connectivity index (χ2n) is 6.36. The number of nitrogens with zero attached hydrogens (tertiary/aromatic N) is 1. The lowest BCUT2D eigenvalue weighted by Crippen LogP contribution is -2.34. The average Bonchev–Trinajstić information content (AvgIpc) is 2.83. The molecule has 0 aromatic rings. The van der Waals surface area contributed by atoms with Crippen molar-refractivity contribution in [1.29, 1.82) is 0 Å². The molecule has 5 heteroatoms. The lowest BCUT2D eigenvalue weighted by molar-refractivity contribution is 0.213. The number of nitrogens with one attached hydrogen (secondary N) is 1. The highest BCUT2D eigenvalue weighted by Gasteiger charge is 2.23. The van der Waals surface area contributed by atoms with Crippen LogP contribution >= 0.6 is 0 Å². The minimum Gasteiger partial charge on any atom is -0.306 e. The maximum Gasteiger partial charge on any atom is 0.211 e. The van der Waals surface area contributed by atoms with Crippen LogP contribution in [0.2, 0.25) is 0 Å². The molecule has 1 saturated carbocycles. The predicted octanol–water partition coefficient (Wildman–Crippen LogP) is 1.83. The standard InChI is InChI=1S/C14H28N2O2S/c1-16-10-7-13(8-11-16)6-9-15-19(17,18)12-14-4-2-3-5-14/h13-15H,2-12H2,1H3. The number of likely N-dealkylation sites (tertiary alicyclic amines) is 1. The van der Waals surface area contributed by atoms with Crippen LogP contribution in [-0.2, 0) is 10.0 Å². The molecule has 4 nitrogen and oxygen atoms in total. The summed E-state index contributed by atoms with van der Waals surface area (Å²) in [5.74, 6) is 1.45. The molecule has 0 bridgehead atoms. The summed E-state index contributed by atoms with van der Waals surface area (Å²) in [5, 5.41) is 0. The first-order valence-electron chi connectivity index (χ1n) is 7.71. The second-order valence-corrected chi connectivity index (χ2v) is 8.21. The zero-order chi connectivity index (χ0) is 13.7. The Balaban J connectivity index is 1.63. The summed E-state index contributed by atoms with van der Waals surface area (Å²) in [4.78, 5) is 2.35. The van der Waals surface area contributed by atoms with Crippen molar-refractivity contribution in [2.45, 2.75) is 44.9 Å². The summed E-state index contributed by atoms with van der Waals surface area (Å²) < 4.78 is 26.7. The fourth-order valence-electron chi connectivity index (χ4n) is 3.32. The highest BCUT2D eigenvalue weighted by Crippen LogP contribution is 2.25. The molecule has 1 saturated heterocycles. The van der Waals surface area contributed by atoms with E-state index in [1.165, 1.54) is 25.7 Å². The molecule has 0 amide bonds. The Morgan fingerprint density at radius 1 is 1.05 bits per heavy atom. The molecular weight excluding hydrogens is 260 g/mol. The third-order valence-corrected chi connectivity index (χ3v) is 6.20. The van der Waals surface area contributed by atoms with Crippen LogP contribution in [0.15, 0.2) is 0 Å². The largest absolute Gasteiger partial charge is 0.306 e. The Hall–Kier alpha value is -0.130. The van der Waals surface area contributed by atoms with E-state index in [1.54, 1.807) is 0 Å². The van der Waals surface area contributed by atoms with E-state index in [4.69, 9.17) is 0 Å². The van der Waals surface area contributed by atoms with E-state index in [2.05, 4.69) is 16.7 Å². The fraction of sp³-hybridized carbons (Fsp3) is 1.00. The van der Waals surface area contributed by atoms with E-state index < -0.39 is 10.0 Å². The maximum atomic E-state index is 12.0. The zero-order valence-electron chi connectivity index (χ0n) is 12.1. The van der Waals surface area contributed by atoms with Crippen LogP contribution in [0.4, 0.5) is 0 Å². The van der Waals surface area contributed by atoms with Crippen molar-refractivity contribution < 1.29 is 8.42 Å². The number of rotatable bonds is 6. The van der Waals surface area contributed by atoms with Gasteiger partial charge in [0.15, 0.2) is 0 Å². The maximum absolute atomic E-state index is 12.0. The normalized spacial score (nSPS) is 24.1. The monoisotopic (exact) mass is 288 g/mol. The SMILES string of the molecule is CN1CCC(CCNS(=O)(=O)CC2CCCC2)CC1. The predicted molar refractivity (Wildman–Crippen MR) is 78.6 cm³/mol. The number of piperidine rings is 1. The fourth-order valence-corrected chi connectivity index (χ4v) is 4.82. The van der Waals surface area contributed by atoms with Crippen LogP contribution in [0.25, 0.3) is 0 Å². The summed E-state index contributed by atoms with van der Waals surface area (Å²) in [6.07, 6.45) is 8.01. The molecule has 1 aliphatic heterocycles. The van der Waals surface area contributed by atoms with Crippen LogP contribution in [0, 0.1) is 11.8 Å². The van der Waals surface area contributed by atoms with Gasteiger partial charge >= 0.3 is 0 Å². The topological polar surface area (TPSA) is 49.4 Å². The summed E-state index contributed by atoms with van der Waals surface area (Å²) >= 11 is 0. The lowest BCUT2D eigenvalue weighted by Gasteiger charge is -2.28. The summed E-state index contributed by atoms with van der Waals surface area (Å²) in [6.45, 7) is 2.93. The molecular formula is C14H28N2O2S. The van der Waals surface area contributed by atoms with Gasteiger partial charge < -0.3 is 4.90 Å². The summed E-state index contributed by atoms with van der Waals surface area (Å²) in [7, 11) is -0.884. The first-order chi connectivity index (χ1) is 9.05. The van der Waals surface area contributed by atoms with Gasteiger partial charge in [-0.15, -0.1) is 0 Å². The Morgan fingerprint density at radius 2 is 1.68 bits per heavy atom. The molecule has 0 atom stereocenters. The Morgan fingerprint density at radius 3 is 2.32 bits per heavy atom. The van der Waals surface area contributed by atoms with Crippen molar-refractivity contribution in [3.63, 3.8) is 0 Å². The van der Waals surface area contributed by atoms with Gasteiger partial charge in [0.25, 0.3) is 0 Å². The van der Waals surface area contributed by atoms with Gasteiger partial charge in [-0.2, -0.15) is 0 Å². The highest BCUT2D eigenvalue weighted by atomic mass is 32.2. The molecule has 2 rings (SSSR count). The van der Waals surface area contributed by atoms with Crippen LogP contribution in [-0.4, -0.2) is 45.8 Å². The molecule has 1 N–H and O–H groups in total. The first-order valence-corrected chi connectivity index (χ1v) is 9.36. The summed E-state index contributed by atoms with van der Waals surface area (Å²) in [5.41, 5.74) is 0. The Bertz CT molecular complexity index is 356. The van der Waals surface area contributed by atoms with E-state index in [0.717, 1.165) is 32.4 Å². The highest BCUT2D eigenvalue weighted by molar-refractivity contribution is 7.89. The van der Waals surface area contributed by atoms with E-state index >= 15 is 0 Å². The molecule has 2 fully saturated rings. The molecule has 0 unspecified atom stereocenters. The van der Waals surface area contributed by atoms with Crippen molar-refractivity contribution in [3.05, 3.63) is 0 Å². The van der Waals surface area contributed by atoms with Crippen LogP contribution in [0.5, 0.6) is 0 Å². The lowest BCUT2D eigenvalue weighted by atomic mass is 9.94. The van der Waals surface area contributed by atoms with Crippen molar-refractivity contribution >= 4 is 10.0 Å². The molecule has 0 aromatic heterocycles. The molecule has 19 heavy (non-hydrogen) atoms. The van der Waals surface area contributed by atoms with Gasteiger partial charge in [0, 0.05) is 6.54 Å². The number of hydrogen-bond donors (Lipinski definition) is 1. The van der Waals surface area contributed by atoms with Crippen molar-refractivity contribution in [2.24, 2.45) is 11.8 Å². The molecule has 0 aromatic carbocycles. The zero-order valence-corrected chi connectivity index (χ0v) is 12.9. The minimum atomic E-state index is -3.04. The van der Waals surface area contributed by atoms with Crippen molar-refractivity contribution in [2.75, 3.05) is 32.4 Å². The van der Waals surface area contributed by atoms with Gasteiger partial charge in [0.05, 0.1) is 5.75 Å². The van der Waals surface area contributed by atoms with E-state index in [1.807, 2.05) is 0 Å². The first kappa shape index (κ1) is 15.3. The quantitative estimate of drug-likeness (QED) is 0.811. The number of hydrogen-bond acceptors (Lipinski definition) is 3. The van der Waals surface area contributed by atoms with Gasteiger partial charge in [-0.3, -0.25) is 0 Å². The van der Waals surface area contributed by atoms with Gasteiger partial charge in [-0.25, -0.2) is 13.1 Å². The van der Waals surface area contributed by atoms with Crippen LogP contribution in [0.3, 0.4) is 0 Å². The third kappa shape index (κ3) is 5.40. The molecule has 0 spiro atoms.